The molecule has 1 aliphatic heterocycles. The highest BCUT2D eigenvalue weighted by Gasteiger charge is 2.22. The van der Waals surface area contributed by atoms with Crippen LogP contribution in [0.4, 0.5) is 0 Å². The van der Waals surface area contributed by atoms with Gasteiger partial charge < -0.3 is 4.74 Å². The van der Waals surface area contributed by atoms with Crippen LogP contribution in [-0.2, 0) is 9.68 Å². The van der Waals surface area contributed by atoms with Crippen molar-refractivity contribution in [3.05, 3.63) is 17.1 Å². The van der Waals surface area contributed by atoms with Gasteiger partial charge in [-0.15, -0.1) is 5.10 Å². The zero-order chi connectivity index (χ0) is 12.4. The van der Waals surface area contributed by atoms with Gasteiger partial charge in [0.2, 0.25) is 0 Å². The molecule has 2 heterocycles. The first-order chi connectivity index (χ1) is 8.15. The summed E-state index contributed by atoms with van der Waals surface area (Å²) in [6.45, 7) is 5.57. The Labute approximate surface area is 97.5 Å². The van der Waals surface area contributed by atoms with Gasteiger partial charge in [0, 0.05) is 0 Å². The molecule has 1 aliphatic rings. The number of nitrogens with zero attached hydrogens (tertiary/aromatic N) is 3. The van der Waals surface area contributed by atoms with E-state index in [1.165, 1.54) is 4.68 Å². The fourth-order valence-electron chi connectivity index (χ4n) is 1.41. The van der Waals surface area contributed by atoms with Crippen molar-refractivity contribution in [2.45, 2.75) is 20.8 Å². The summed E-state index contributed by atoms with van der Waals surface area (Å²) in [5, 5.41) is 7.67. The molecule has 0 saturated carbocycles. The smallest absolute Gasteiger partial charge is 0.360 e. The number of aromatic nitrogens is 3. The second-order valence-corrected chi connectivity index (χ2v) is 3.44. The first kappa shape index (κ1) is 11.4. The van der Waals surface area contributed by atoms with Gasteiger partial charge in [0.15, 0.2) is 11.5 Å². The maximum absolute atomic E-state index is 11.6. The lowest BCUT2D eigenvalue weighted by Crippen LogP contribution is -2.15. The van der Waals surface area contributed by atoms with Crippen LogP contribution in [0.5, 0.6) is 0 Å². The number of hydroxylamine groups is 2. The number of nitrogens with one attached hydrogen (secondary N) is 2. The SMILES string of the molecule is CCOC(=O)c1nnn(C2=C(C)NON2)c1C. The third-order valence-electron chi connectivity index (χ3n) is 2.28. The summed E-state index contributed by atoms with van der Waals surface area (Å²) >= 11 is 0. The van der Waals surface area contributed by atoms with E-state index >= 15 is 0 Å². The van der Waals surface area contributed by atoms with E-state index in [0.29, 0.717) is 18.1 Å². The number of hydrogen-bond donors (Lipinski definition) is 2. The largest absolute Gasteiger partial charge is 0.461 e. The van der Waals surface area contributed by atoms with Crippen molar-refractivity contribution >= 4 is 11.8 Å². The molecular weight excluding hydrogens is 226 g/mol. The fourth-order valence-corrected chi connectivity index (χ4v) is 1.41. The van der Waals surface area contributed by atoms with Crippen molar-refractivity contribution in [3.63, 3.8) is 0 Å². The lowest BCUT2D eigenvalue weighted by molar-refractivity contribution is 0.0303. The van der Waals surface area contributed by atoms with Gasteiger partial charge in [-0.2, -0.15) is 9.62 Å². The molecule has 92 valence electrons. The van der Waals surface area contributed by atoms with Crippen LogP contribution in [0.3, 0.4) is 0 Å². The van der Waals surface area contributed by atoms with Crippen LogP contribution < -0.4 is 11.0 Å². The molecule has 0 aliphatic carbocycles. The quantitative estimate of drug-likeness (QED) is 0.714. The molecule has 2 rings (SSSR count). The maximum Gasteiger partial charge on any atom is 0.360 e. The summed E-state index contributed by atoms with van der Waals surface area (Å²) in [4.78, 5) is 16.4. The van der Waals surface area contributed by atoms with E-state index < -0.39 is 5.97 Å². The van der Waals surface area contributed by atoms with Gasteiger partial charge in [0.1, 0.15) is 0 Å². The third kappa shape index (κ3) is 1.94. The van der Waals surface area contributed by atoms with Crippen molar-refractivity contribution in [1.29, 1.82) is 0 Å². The van der Waals surface area contributed by atoms with Gasteiger partial charge in [0.05, 0.1) is 18.0 Å². The molecule has 0 aromatic carbocycles. The van der Waals surface area contributed by atoms with Gasteiger partial charge >= 0.3 is 5.97 Å². The molecular formula is C9H13N5O3. The topological polar surface area (TPSA) is 90.3 Å². The molecule has 17 heavy (non-hydrogen) atoms. The van der Waals surface area contributed by atoms with Crippen LogP contribution in [-0.4, -0.2) is 27.6 Å². The highest BCUT2D eigenvalue weighted by molar-refractivity contribution is 5.88. The predicted octanol–water partition coefficient (Wildman–Crippen LogP) is -0.0514. The Morgan fingerprint density at radius 3 is 2.82 bits per heavy atom. The summed E-state index contributed by atoms with van der Waals surface area (Å²) < 4.78 is 6.35. The number of ether oxygens (including phenoxy) is 1. The molecule has 0 atom stereocenters. The number of allylic oxidation sites excluding steroid dienone is 1. The van der Waals surface area contributed by atoms with Gasteiger partial charge in [-0.1, -0.05) is 5.21 Å². The zero-order valence-electron chi connectivity index (χ0n) is 9.77. The highest BCUT2D eigenvalue weighted by Crippen LogP contribution is 2.14. The zero-order valence-corrected chi connectivity index (χ0v) is 9.77. The second-order valence-electron chi connectivity index (χ2n) is 3.44. The monoisotopic (exact) mass is 239 g/mol. The van der Waals surface area contributed by atoms with E-state index in [0.717, 1.165) is 5.70 Å². The Kier molecular flexibility index (Phi) is 2.96. The summed E-state index contributed by atoms with van der Waals surface area (Å²) in [6, 6.07) is 0. The van der Waals surface area contributed by atoms with Gasteiger partial charge in [-0.05, 0) is 20.8 Å². The Bertz CT molecular complexity index is 479. The standard InChI is InChI=1S/C9H13N5O3/c1-4-16-9(15)7-6(3)14(13-10-7)8-5(2)11-17-12-8/h11-12H,4H2,1-3H3. The van der Waals surface area contributed by atoms with E-state index in [2.05, 4.69) is 21.3 Å². The molecule has 8 nitrogen and oxygen atoms in total. The molecule has 8 heteroatoms. The van der Waals surface area contributed by atoms with Gasteiger partial charge in [-0.25, -0.2) is 15.8 Å². The van der Waals surface area contributed by atoms with Crippen LogP contribution in [0.1, 0.15) is 30.0 Å². The van der Waals surface area contributed by atoms with Crippen LogP contribution in [0.2, 0.25) is 0 Å². The normalized spacial score (nSPS) is 14.5. The number of carbonyl (C=O) groups excluding carboxylic acids is 1. The molecule has 0 fully saturated rings. The molecule has 1 aromatic rings. The molecule has 0 saturated heterocycles. The Hall–Kier alpha value is -2.09. The lowest BCUT2D eigenvalue weighted by atomic mass is 10.3. The number of rotatable bonds is 3. The summed E-state index contributed by atoms with van der Waals surface area (Å²) in [7, 11) is 0. The first-order valence-electron chi connectivity index (χ1n) is 5.13. The fraction of sp³-hybridized carbons (Fsp3) is 0.444. The highest BCUT2D eigenvalue weighted by atomic mass is 16.8. The third-order valence-corrected chi connectivity index (χ3v) is 2.28. The maximum atomic E-state index is 11.6. The molecule has 1 aromatic heterocycles. The van der Waals surface area contributed by atoms with E-state index in [1.54, 1.807) is 20.8 Å². The second kappa shape index (κ2) is 4.42. The minimum atomic E-state index is -0.485. The van der Waals surface area contributed by atoms with E-state index in [-0.39, 0.29) is 5.69 Å². The molecule has 0 spiro atoms. The van der Waals surface area contributed by atoms with E-state index in [9.17, 15) is 4.79 Å². The molecule has 2 N–H and O–H groups in total. The van der Waals surface area contributed by atoms with Crippen molar-refractivity contribution in [2.24, 2.45) is 0 Å². The summed E-state index contributed by atoms with van der Waals surface area (Å²) in [5.74, 6) is 0.104. The van der Waals surface area contributed by atoms with Crippen LogP contribution in [0, 0.1) is 6.92 Å². The number of carbonyl (C=O) groups is 1. The first-order valence-corrected chi connectivity index (χ1v) is 5.13. The predicted molar refractivity (Wildman–Crippen MR) is 57.0 cm³/mol. The summed E-state index contributed by atoms with van der Waals surface area (Å²) in [6.07, 6.45) is 0. The van der Waals surface area contributed by atoms with Gasteiger partial charge in [0.25, 0.3) is 0 Å². The molecule has 0 unspecified atom stereocenters. The Morgan fingerprint density at radius 1 is 1.47 bits per heavy atom. The van der Waals surface area contributed by atoms with Crippen molar-refractivity contribution in [1.82, 2.24) is 26.0 Å². The Balaban J connectivity index is 2.33. The van der Waals surface area contributed by atoms with Crippen molar-refractivity contribution in [2.75, 3.05) is 6.61 Å². The summed E-state index contributed by atoms with van der Waals surface area (Å²) in [5.41, 5.74) is 6.77. The number of esters is 1. The molecule has 0 radical (unpaired) electrons. The van der Waals surface area contributed by atoms with Crippen molar-refractivity contribution in [3.8, 4) is 0 Å². The minimum Gasteiger partial charge on any atom is -0.461 e. The average Bonchev–Trinajstić information content (AvgIpc) is 2.85. The average molecular weight is 239 g/mol. The molecule has 0 amide bonds. The minimum absolute atomic E-state index is 0.195. The van der Waals surface area contributed by atoms with Crippen molar-refractivity contribution < 1.29 is 14.5 Å². The molecule has 0 bridgehead atoms. The van der Waals surface area contributed by atoms with E-state index in [4.69, 9.17) is 9.68 Å². The lowest BCUT2D eigenvalue weighted by Gasteiger charge is -2.03. The Morgan fingerprint density at radius 2 is 2.24 bits per heavy atom. The van der Waals surface area contributed by atoms with Crippen LogP contribution in [0.25, 0.3) is 5.82 Å². The van der Waals surface area contributed by atoms with E-state index in [1.807, 2.05) is 0 Å². The van der Waals surface area contributed by atoms with Gasteiger partial charge in [-0.3, -0.25) is 0 Å². The van der Waals surface area contributed by atoms with Crippen LogP contribution >= 0.6 is 0 Å². The number of hydrogen-bond acceptors (Lipinski definition) is 7. The van der Waals surface area contributed by atoms with Crippen LogP contribution in [0.15, 0.2) is 5.70 Å².